The van der Waals surface area contributed by atoms with Crippen molar-refractivity contribution in [2.75, 3.05) is 16.8 Å². The summed E-state index contributed by atoms with van der Waals surface area (Å²) in [6.07, 6.45) is 6.79. The van der Waals surface area contributed by atoms with Crippen LogP contribution in [-0.4, -0.2) is 43.6 Å². The molecule has 4 heterocycles. The number of carbonyl (C=O) groups excluding carboxylic acids is 1. The second-order valence-electron chi connectivity index (χ2n) is 6.73. The van der Waals surface area contributed by atoms with Gasteiger partial charge in [-0.15, -0.1) is 0 Å². The smallest absolute Gasteiger partial charge is 0.406 e. The third-order valence-corrected chi connectivity index (χ3v) is 4.62. The Balaban J connectivity index is 1.61. The van der Waals surface area contributed by atoms with Crippen LogP contribution in [0.3, 0.4) is 0 Å². The topological polar surface area (TPSA) is 148 Å². The SMILES string of the molecule is Cn1cc(Nc2nccc(-c3cnc(N4CCC[C@H]4OC(N)=O)c(C#N)c3)n2)cn1. The Kier molecular flexibility index (Phi) is 5.13. The number of amides is 1. The molecule has 1 aliphatic rings. The molecule has 0 aromatic carbocycles. The van der Waals surface area contributed by atoms with Gasteiger partial charge < -0.3 is 20.7 Å². The van der Waals surface area contributed by atoms with Crippen LogP contribution in [0.25, 0.3) is 11.3 Å². The van der Waals surface area contributed by atoms with E-state index in [0.717, 1.165) is 12.1 Å². The van der Waals surface area contributed by atoms with E-state index in [1.807, 2.05) is 7.05 Å². The number of nitrogens with two attached hydrogens (primary N) is 1. The lowest BCUT2D eigenvalue weighted by Gasteiger charge is -2.25. The number of pyridine rings is 1. The summed E-state index contributed by atoms with van der Waals surface area (Å²) in [5.74, 6) is 0.852. The number of nitrogens with zero attached hydrogens (tertiary/aromatic N) is 7. The van der Waals surface area contributed by atoms with Gasteiger partial charge in [0.05, 0.1) is 23.1 Å². The standard InChI is InChI=1S/C19H19N9O2/c1-27-11-14(10-24-27)25-19-22-5-4-15(26-19)13-7-12(8-20)17(23-9-13)28-6-2-3-16(28)30-18(21)29/h4-5,7,9-11,16H,2-3,6H2,1H3,(H2,21,29)(H,22,25,26)/t16-/m1/s1. The lowest BCUT2D eigenvalue weighted by molar-refractivity contribution is 0.111. The van der Waals surface area contributed by atoms with Crippen LogP contribution in [0.1, 0.15) is 18.4 Å². The number of rotatable bonds is 5. The highest BCUT2D eigenvalue weighted by Gasteiger charge is 2.30. The predicted octanol–water partition coefficient (Wildman–Crippen LogP) is 1.91. The van der Waals surface area contributed by atoms with Gasteiger partial charge in [0.2, 0.25) is 5.95 Å². The van der Waals surface area contributed by atoms with Crippen LogP contribution in [0.15, 0.2) is 36.9 Å². The van der Waals surface area contributed by atoms with E-state index in [9.17, 15) is 10.1 Å². The molecular formula is C19H19N9O2. The molecule has 0 radical (unpaired) electrons. The van der Waals surface area contributed by atoms with Gasteiger partial charge in [-0.25, -0.2) is 19.7 Å². The first-order valence-corrected chi connectivity index (χ1v) is 9.25. The first-order valence-electron chi connectivity index (χ1n) is 9.25. The monoisotopic (exact) mass is 405 g/mol. The third kappa shape index (κ3) is 3.97. The number of anilines is 3. The number of primary amides is 1. The molecule has 1 atom stereocenters. The van der Waals surface area contributed by atoms with Gasteiger partial charge >= 0.3 is 6.09 Å². The number of carbonyl (C=O) groups is 1. The van der Waals surface area contributed by atoms with Crippen LogP contribution >= 0.6 is 0 Å². The highest BCUT2D eigenvalue weighted by Crippen LogP contribution is 2.30. The highest BCUT2D eigenvalue weighted by molar-refractivity contribution is 5.68. The van der Waals surface area contributed by atoms with Crippen LogP contribution < -0.4 is 16.0 Å². The molecule has 11 nitrogen and oxygen atoms in total. The Morgan fingerprint density at radius 1 is 1.40 bits per heavy atom. The maximum absolute atomic E-state index is 11.2. The molecule has 0 aliphatic carbocycles. The summed E-state index contributed by atoms with van der Waals surface area (Å²) in [7, 11) is 1.82. The van der Waals surface area contributed by atoms with E-state index in [1.54, 1.807) is 46.5 Å². The maximum Gasteiger partial charge on any atom is 0.406 e. The third-order valence-electron chi connectivity index (χ3n) is 4.62. The summed E-state index contributed by atoms with van der Waals surface area (Å²) in [4.78, 5) is 26.1. The average molecular weight is 405 g/mol. The van der Waals surface area contributed by atoms with Gasteiger partial charge in [0.1, 0.15) is 11.9 Å². The van der Waals surface area contributed by atoms with Crippen molar-refractivity contribution >= 4 is 23.5 Å². The van der Waals surface area contributed by atoms with Crippen LogP contribution in [0.2, 0.25) is 0 Å². The van der Waals surface area contributed by atoms with E-state index in [-0.39, 0.29) is 0 Å². The summed E-state index contributed by atoms with van der Waals surface area (Å²) in [5.41, 5.74) is 7.54. The van der Waals surface area contributed by atoms with Crippen LogP contribution in [0.4, 0.5) is 22.2 Å². The number of hydrogen-bond acceptors (Lipinski definition) is 9. The summed E-state index contributed by atoms with van der Waals surface area (Å²) in [6.45, 7) is 0.617. The van der Waals surface area contributed by atoms with Crippen molar-refractivity contribution in [3.63, 3.8) is 0 Å². The molecular weight excluding hydrogens is 386 g/mol. The van der Waals surface area contributed by atoms with Gasteiger partial charge in [-0.05, 0) is 18.6 Å². The minimum Gasteiger partial charge on any atom is -0.426 e. The quantitative estimate of drug-likeness (QED) is 0.649. The molecule has 3 N–H and O–H groups in total. The molecule has 1 aliphatic heterocycles. The number of ether oxygens (including phenoxy) is 1. The summed E-state index contributed by atoms with van der Waals surface area (Å²) in [5, 5.41) is 16.8. The molecule has 30 heavy (non-hydrogen) atoms. The van der Waals surface area contributed by atoms with Crippen molar-refractivity contribution in [2.45, 2.75) is 19.1 Å². The zero-order valence-corrected chi connectivity index (χ0v) is 16.2. The highest BCUT2D eigenvalue weighted by atomic mass is 16.6. The van der Waals surface area contributed by atoms with E-state index < -0.39 is 12.3 Å². The molecule has 0 spiro atoms. The number of aromatic nitrogens is 5. The summed E-state index contributed by atoms with van der Waals surface area (Å²) >= 11 is 0. The Labute approximate surface area is 172 Å². The zero-order valence-electron chi connectivity index (χ0n) is 16.2. The molecule has 4 rings (SSSR count). The molecule has 1 fully saturated rings. The van der Waals surface area contributed by atoms with Gasteiger partial charge in [0, 0.05) is 44.2 Å². The number of hydrogen-bond donors (Lipinski definition) is 2. The Hall–Kier alpha value is -4.20. The second-order valence-corrected chi connectivity index (χ2v) is 6.73. The molecule has 152 valence electrons. The van der Waals surface area contributed by atoms with E-state index >= 15 is 0 Å². The molecule has 11 heteroatoms. The fourth-order valence-corrected chi connectivity index (χ4v) is 3.34. The number of nitriles is 1. The number of nitrogens with one attached hydrogen (secondary N) is 1. The zero-order chi connectivity index (χ0) is 21.1. The Morgan fingerprint density at radius 3 is 3.00 bits per heavy atom. The second kappa shape index (κ2) is 8.04. The van der Waals surface area contributed by atoms with Gasteiger partial charge in [-0.1, -0.05) is 0 Å². The predicted molar refractivity (Wildman–Crippen MR) is 108 cm³/mol. The van der Waals surface area contributed by atoms with Crippen molar-refractivity contribution < 1.29 is 9.53 Å². The first-order chi connectivity index (χ1) is 14.5. The van der Waals surface area contributed by atoms with Crippen molar-refractivity contribution in [1.82, 2.24) is 24.7 Å². The fourth-order valence-electron chi connectivity index (χ4n) is 3.34. The Morgan fingerprint density at radius 2 is 2.27 bits per heavy atom. The van der Waals surface area contributed by atoms with Crippen molar-refractivity contribution in [3.05, 3.63) is 42.5 Å². The molecule has 3 aromatic rings. The van der Waals surface area contributed by atoms with E-state index in [4.69, 9.17) is 10.5 Å². The summed E-state index contributed by atoms with van der Waals surface area (Å²) in [6, 6.07) is 5.61. The normalized spacial score (nSPS) is 15.6. The molecule has 0 bridgehead atoms. The lowest BCUT2D eigenvalue weighted by Crippen LogP contribution is -2.36. The molecule has 3 aromatic heterocycles. The van der Waals surface area contributed by atoms with Gasteiger partial charge in [-0.2, -0.15) is 10.4 Å². The van der Waals surface area contributed by atoms with E-state index in [0.29, 0.717) is 41.6 Å². The van der Waals surface area contributed by atoms with Gasteiger partial charge in [0.25, 0.3) is 0 Å². The largest absolute Gasteiger partial charge is 0.426 e. The van der Waals surface area contributed by atoms with Crippen molar-refractivity contribution in [2.24, 2.45) is 12.8 Å². The molecule has 1 amide bonds. The van der Waals surface area contributed by atoms with Crippen LogP contribution in [0, 0.1) is 11.3 Å². The van der Waals surface area contributed by atoms with E-state index in [1.165, 1.54) is 0 Å². The Bertz CT molecular complexity index is 1120. The average Bonchev–Trinajstić information content (AvgIpc) is 3.36. The lowest BCUT2D eigenvalue weighted by atomic mass is 10.1. The van der Waals surface area contributed by atoms with Crippen molar-refractivity contribution in [3.8, 4) is 17.3 Å². The van der Waals surface area contributed by atoms with Crippen molar-refractivity contribution in [1.29, 1.82) is 5.26 Å². The fraction of sp³-hybridized carbons (Fsp3) is 0.263. The molecule has 0 saturated carbocycles. The molecule has 0 unspecified atom stereocenters. The van der Waals surface area contributed by atoms with Crippen LogP contribution in [0.5, 0.6) is 0 Å². The maximum atomic E-state index is 11.2. The first kappa shape index (κ1) is 19.1. The minimum atomic E-state index is -0.850. The van der Waals surface area contributed by atoms with Gasteiger partial charge in [0.15, 0.2) is 6.23 Å². The summed E-state index contributed by atoms with van der Waals surface area (Å²) < 4.78 is 6.81. The molecule has 1 saturated heterocycles. The van der Waals surface area contributed by atoms with Gasteiger partial charge in [-0.3, -0.25) is 4.68 Å². The van der Waals surface area contributed by atoms with Crippen LogP contribution in [-0.2, 0) is 11.8 Å². The number of aryl methyl sites for hydroxylation is 1. The minimum absolute atomic E-state index is 0.354. The van der Waals surface area contributed by atoms with E-state index in [2.05, 4.69) is 31.4 Å².